The Kier molecular flexibility index (Phi) is 6.08. The molecule has 0 aliphatic carbocycles. The molecule has 1 atom stereocenters. The fourth-order valence-corrected chi connectivity index (χ4v) is 3.43. The molecule has 142 valence electrons. The summed E-state index contributed by atoms with van der Waals surface area (Å²) in [5.74, 6) is -0.0991. The summed E-state index contributed by atoms with van der Waals surface area (Å²) in [7, 11) is 0. The zero-order valence-corrected chi connectivity index (χ0v) is 15.3. The van der Waals surface area contributed by atoms with Gasteiger partial charge in [0.05, 0.1) is 5.56 Å². The highest BCUT2D eigenvalue weighted by Crippen LogP contribution is 2.21. The Morgan fingerprint density at radius 3 is 2.70 bits per heavy atom. The number of ether oxygens (including phenoxy) is 1. The van der Waals surface area contributed by atoms with Gasteiger partial charge in [0, 0.05) is 24.7 Å². The smallest absolute Gasteiger partial charge is 0.254 e. The predicted molar refractivity (Wildman–Crippen MR) is 103 cm³/mol. The van der Waals surface area contributed by atoms with E-state index in [2.05, 4.69) is 0 Å². The van der Waals surface area contributed by atoms with E-state index in [4.69, 9.17) is 16.2 Å². The van der Waals surface area contributed by atoms with Crippen molar-refractivity contribution in [1.29, 1.82) is 0 Å². The maximum Gasteiger partial charge on any atom is 0.254 e. The molecule has 3 rings (SSSR count). The van der Waals surface area contributed by atoms with Crippen LogP contribution in [0.1, 0.15) is 45.5 Å². The minimum atomic E-state index is -0.535. The minimum Gasteiger partial charge on any atom is -0.488 e. The summed E-state index contributed by atoms with van der Waals surface area (Å²) in [6.07, 6.45) is 3.07. The van der Waals surface area contributed by atoms with Crippen molar-refractivity contribution < 1.29 is 14.3 Å². The van der Waals surface area contributed by atoms with Crippen molar-refractivity contribution in [3.05, 3.63) is 65.2 Å². The van der Waals surface area contributed by atoms with Gasteiger partial charge < -0.3 is 21.1 Å². The summed E-state index contributed by atoms with van der Waals surface area (Å²) >= 11 is 0. The quantitative estimate of drug-likeness (QED) is 0.818. The molecule has 1 saturated heterocycles. The molecule has 2 aromatic rings. The van der Waals surface area contributed by atoms with Crippen molar-refractivity contribution in [2.45, 2.75) is 31.9 Å². The Balaban J connectivity index is 1.72. The molecule has 0 saturated carbocycles. The Morgan fingerprint density at radius 1 is 1.11 bits per heavy atom. The Bertz CT molecular complexity index is 822. The number of nitrogens with two attached hydrogens (primary N) is 2. The first kappa shape index (κ1) is 18.9. The second-order valence-corrected chi connectivity index (χ2v) is 6.73. The van der Waals surface area contributed by atoms with E-state index < -0.39 is 5.91 Å². The van der Waals surface area contributed by atoms with Crippen LogP contribution in [0, 0.1) is 0 Å². The molecule has 1 heterocycles. The van der Waals surface area contributed by atoms with E-state index in [-0.39, 0.29) is 18.6 Å². The topological polar surface area (TPSA) is 98.7 Å². The number of rotatable bonds is 6. The number of primary amides is 1. The molecule has 1 aliphatic rings. The lowest BCUT2D eigenvalue weighted by Gasteiger charge is -2.35. The molecule has 27 heavy (non-hydrogen) atoms. The van der Waals surface area contributed by atoms with Crippen LogP contribution in [0.3, 0.4) is 0 Å². The van der Waals surface area contributed by atoms with Gasteiger partial charge in [0.2, 0.25) is 0 Å². The minimum absolute atomic E-state index is 0.00420. The summed E-state index contributed by atoms with van der Waals surface area (Å²) in [6.45, 7) is 1.47. The van der Waals surface area contributed by atoms with Gasteiger partial charge in [-0.15, -0.1) is 0 Å². The lowest BCUT2D eigenvalue weighted by Crippen LogP contribution is -2.47. The third-order valence-electron chi connectivity index (χ3n) is 4.88. The van der Waals surface area contributed by atoms with E-state index >= 15 is 0 Å². The second kappa shape index (κ2) is 8.68. The third kappa shape index (κ3) is 4.46. The average Bonchev–Trinajstić information content (AvgIpc) is 2.72. The molecule has 6 heteroatoms. The van der Waals surface area contributed by atoms with E-state index in [1.807, 2.05) is 29.2 Å². The molecule has 4 N–H and O–H groups in total. The van der Waals surface area contributed by atoms with E-state index in [1.165, 1.54) is 0 Å². The molecule has 2 amide bonds. The largest absolute Gasteiger partial charge is 0.488 e. The molecular weight excluding hydrogens is 342 g/mol. The van der Waals surface area contributed by atoms with Crippen LogP contribution in [0.5, 0.6) is 5.75 Å². The number of carbonyl (C=O) groups excluding carboxylic acids is 2. The number of para-hydroxylation sites is 1. The molecule has 0 spiro atoms. The molecule has 1 unspecified atom stereocenters. The maximum absolute atomic E-state index is 12.9. The normalized spacial score (nSPS) is 16.8. The molecule has 1 aliphatic heterocycles. The van der Waals surface area contributed by atoms with Crippen LogP contribution in [-0.4, -0.2) is 35.8 Å². The van der Waals surface area contributed by atoms with Gasteiger partial charge in [-0.25, -0.2) is 0 Å². The summed E-state index contributed by atoms with van der Waals surface area (Å²) in [5, 5.41) is 0. The molecule has 0 radical (unpaired) electrons. The number of piperidine rings is 1. The zero-order valence-electron chi connectivity index (χ0n) is 15.3. The van der Waals surface area contributed by atoms with Crippen LogP contribution in [-0.2, 0) is 6.61 Å². The molecule has 2 aromatic carbocycles. The van der Waals surface area contributed by atoms with Crippen molar-refractivity contribution in [3.8, 4) is 5.75 Å². The van der Waals surface area contributed by atoms with Gasteiger partial charge in [-0.3, -0.25) is 9.59 Å². The summed E-state index contributed by atoms with van der Waals surface area (Å²) in [6, 6.07) is 14.3. The highest BCUT2D eigenvalue weighted by Gasteiger charge is 2.26. The van der Waals surface area contributed by atoms with Crippen LogP contribution in [0.2, 0.25) is 0 Å². The number of amides is 2. The molecule has 6 nitrogen and oxygen atoms in total. The molecule has 0 bridgehead atoms. The fourth-order valence-electron chi connectivity index (χ4n) is 3.43. The second-order valence-electron chi connectivity index (χ2n) is 6.73. The van der Waals surface area contributed by atoms with Gasteiger partial charge in [-0.1, -0.05) is 24.3 Å². The Labute approximate surface area is 159 Å². The number of carbonyl (C=O) groups is 2. The van der Waals surface area contributed by atoms with Crippen LogP contribution >= 0.6 is 0 Å². The Morgan fingerprint density at radius 2 is 1.93 bits per heavy atom. The summed E-state index contributed by atoms with van der Waals surface area (Å²) in [4.78, 5) is 26.3. The van der Waals surface area contributed by atoms with Crippen LogP contribution in [0.4, 0.5) is 0 Å². The van der Waals surface area contributed by atoms with Gasteiger partial charge >= 0.3 is 0 Å². The number of benzene rings is 2. The third-order valence-corrected chi connectivity index (χ3v) is 4.88. The fraction of sp³-hybridized carbons (Fsp3) is 0.333. The van der Waals surface area contributed by atoms with Crippen molar-refractivity contribution in [1.82, 2.24) is 4.90 Å². The SMILES string of the molecule is NCC1CCCCN1C(=O)c1cccc(COc2ccccc2C(N)=O)c1. The number of hydrogen-bond acceptors (Lipinski definition) is 4. The van der Waals surface area contributed by atoms with Gasteiger partial charge in [0.25, 0.3) is 11.8 Å². The summed E-state index contributed by atoms with van der Waals surface area (Å²) < 4.78 is 5.76. The maximum atomic E-state index is 12.9. The standard InChI is InChI=1S/C21H25N3O3/c22-13-17-8-3-4-11-24(17)21(26)16-7-5-6-15(12-16)14-27-19-10-2-1-9-18(19)20(23)25/h1-2,5-7,9-10,12,17H,3-4,8,11,13-14,22H2,(H2,23,25). The van der Waals surface area contributed by atoms with Crippen LogP contribution in [0.15, 0.2) is 48.5 Å². The van der Waals surface area contributed by atoms with E-state index in [9.17, 15) is 9.59 Å². The zero-order chi connectivity index (χ0) is 19.2. The van der Waals surface area contributed by atoms with Gasteiger partial charge in [-0.05, 0) is 49.1 Å². The van der Waals surface area contributed by atoms with E-state index in [0.29, 0.717) is 23.4 Å². The first-order chi connectivity index (χ1) is 13.1. The highest BCUT2D eigenvalue weighted by molar-refractivity contribution is 5.95. The first-order valence-electron chi connectivity index (χ1n) is 9.21. The van der Waals surface area contributed by atoms with E-state index in [1.54, 1.807) is 24.3 Å². The van der Waals surface area contributed by atoms with E-state index in [0.717, 1.165) is 31.4 Å². The highest BCUT2D eigenvalue weighted by atomic mass is 16.5. The van der Waals surface area contributed by atoms with Crippen molar-refractivity contribution in [2.24, 2.45) is 11.5 Å². The number of likely N-dealkylation sites (tertiary alicyclic amines) is 1. The van der Waals surface area contributed by atoms with Crippen LogP contribution in [0.25, 0.3) is 0 Å². The van der Waals surface area contributed by atoms with Gasteiger partial charge in [-0.2, -0.15) is 0 Å². The first-order valence-corrected chi connectivity index (χ1v) is 9.21. The number of hydrogen-bond donors (Lipinski definition) is 2. The van der Waals surface area contributed by atoms with Crippen LogP contribution < -0.4 is 16.2 Å². The number of nitrogens with zero attached hydrogens (tertiary/aromatic N) is 1. The van der Waals surface area contributed by atoms with Crippen molar-refractivity contribution in [3.63, 3.8) is 0 Å². The molecule has 0 aromatic heterocycles. The van der Waals surface area contributed by atoms with Gasteiger partial charge in [0.15, 0.2) is 0 Å². The lowest BCUT2D eigenvalue weighted by molar-refractivity contribution is 0.0623. The molecule has 1 fully saturated rings. The predicted octanol–water partition coefficient (Wildman–Crippen LogP) is 2.32. The van der Waals surface area contributed by atoms with Crippen molar-refractivity contribution in [2.75, 3.05) is 13.1 Å². The van der Waals surface area contributed by atoms with Crippen molar-refractivity contribution >= 4 is 11.8 Å². The average molecular weight is 367 g/mol. The summed E-state index contributed by atoms with van der Waals surface area (Å²) in [5.41, 5.74) is 13.0. The Hall–Kier alpha value is -2.86. The molecular formula is C21H25N3O3. The monoisotopic (exact) mass is 367 g/mol. The van der Waals surface area contributed by atoms with Gasteiger partial charge in [0.1, 0.15) is 12.4 Å². The lowest BCUT2D eigenvalue weighted by atomic mass is 10.0.